The Balaban J connectivity index is 1.89. The van der Waals surface area contributed by atoms with Gasteiger partial charge in [-0.1, -0.05) is 25.1 Å². The van der Waals surface area contributed by atoms with Gasteiger partial charge in [-0.3, -0.25) is 0 Å². The molecule has 1 fully saturated rings. The van der Waals surface area contributed by atoms with Crippen LogP contribution in [0.1, 0.15) is 44.0 Å². The fraction of sp³-hybridized carbons (Fsp3) is 0.412. The second-order valence-corrected chi connectivity index (χ2v) is 5.44. The second kappa shape index (κ2) is 6.12. The first-order valence-corrected chi connectivity index (χ1v) is 7.78. The van der Waals surface area contributed by atoms with Crippen molar-refractivity contribution in [2.45, 2.75) is 39.0 Å². The number of hydrogen-bond donors (Lipinski definition) is 2. The van der Waals surface area contributed by atoms with E-state index in [1.54, 1.807) is 0 Å². The van der Waals surface area contributed by atoms with Gasteiger partial charge in [0.1, 0.15) is 17.5 Å². The first-order chi connectivity index (χ1) is 10.3. The summed E-state index contributed by atoms with van der Waals surface area (Å²) in [7, 11) is 0. The van der Waals surface area contributed by atoms with Crippen molar-refractivity contribution >= 4 is 17.3 Å². The number of anilines is 3. The van der Waals surface area contributed by atoms with E-state index in [0.29, 0.717) is 5.92 Å². The Hall–Kier alpha value is -2.10. The second-order valence-electron chi connectivity index (χ2n) is 5.44. The molecule has 0 amide bonds. The van der Waals surface area contributed by atoms with Crippen LogP contribution in [0.2, 0.25) is 0 Å². The number of hydrogen-bond acceptors (Lipinski definition) is 4. The lowest BCUT2D eigenvalue weighted by Crippen LogP contribution is -2.06. The molecule has 4 nitrogen and oxygen atoms in total. The summed E-state index contributed by atoms with van der Waals surface area (Å²) in [6.45, 7) is 5.12. The Labute approximate surface area is 126 Å². The first kappa shape index (κ1) is 13.9. The van der Waals surface area contributed by atoms with Crippen molar-refractivity contribution in [2.75, 3.05) is 17.2 Å². The lowest BCUT2D eigenvalue weighted by Gasteiger charge is -2.13. The molecule has 1 aliphatic carbocycles. The van der Waals surface area contributed by atoms with Crippen LogP contribution in [0, 0.1) is 0 Å². The molecule has 1 aliphatic rings. The van der Waals surface area contributed by atoms with E-state index < -0.39 is 0 Å². The summed E-state index contributed by atoms with van der Waals surface area (Å²) in [5, 5.41) is 6.75. The largest absolute Gasteiger partial charge is 0.370 e. The van der Waals surface area contributed by atoms with E-state index in [1.807, 2.05) is 6.07 Å². The SMILES string of the molecule is CCNc1cc(Nc2ccccc2CC)nc(C2CC2)n1. The zero-order chi connectivity index (χ0) is 14.7. The lowest BCUT2D eigenvalue weighted by molar-refractivity contribution is 0.927. The van der Waals surface area contributed by atoms with Crippen LogP contribution in [0.15, 0.2) is 30.3 Å². The van der Waals surface area contributed by atoms with Crippen LogP contribution in [0.3, 0.4) is 0 Å². The molecule has 0 unspecified atom stereocenters. The predicted molar refractivity (Wildman–Crippen MR) is 87.3 cm³/mol. The smallest absolute Gasteiger partial charge is 0.136 e. The highest BCUT2D eigenvalue weighted by Gasteiger charge is 2.27. The monoisotopic (exact) mass is 282 g/mol. The molecule has 0 spiro atoms. The third-order valence-corrected chi connectivity index (χ3v) is 3.70. The Bertz CT molecular complexity index is 620. The van der Waals surface area contributed by atoms with Crippen LogP contribution in [-0.2, 0) is 6.42 Å². The Kier molecular flexibility index (Phi) is 4.04. The molecular weight excluding hydrogens is 260 g/mol. The van der Waals surface area contributed by atoms with Crippen LogP contribution in [-0.4, -0.2) is 16.5 Å². The summed E-state index contributed by atoms with van der Waals surface area (Å²) >= 11 is 0. The number of rotatable bonds is 6. The average Bonchev–Trinajstić information content (AvgIpc) is 3.32. The van der Waals surface area contributed by atoms with Crippen molar-refractivity contribution in [1.29, 1.82) is 0 Å². The van der Waals surface area contributed by atoms with Crippen LogP contribution in [0.5, 0.6) is 0 Å². The van der Waals surface area contributed by atoms with E-state index in [9.17, 15) is 0 Å². The number of aryl methyl sites for hydroxylation is 1. The molecule has 2 aromatic rings. The highest BCUT2D eigenvalue weighted by Crippen LogP contribution is 2.39. The molecule has 1 aromatic heterocycles. The summed E-state index contributed by atoms with van der Waals surface area (Å²) in [5.41, 5.74) is 2.43. The van der Waals surface area contributed by atoms with Crippen molar-refractivity contribution in [1.82, 2.24) is 9.97 Å². The molecular formula is C17H22N4. The van der Waals surface area contributed by atoms with Crippen LogP contribution in [0.4, 0.5) is 17.3 Å². The minimum absolute atomic E-state index is 0.547. The summed E-state index contributed by atoms with van der Waals surface area (Å²) in [4.78, 5) is 9.29. The van der Waals surface area contributed by atoms with Crippen molar-refractivity contribution < 1.29 is 0 Å². The summed E-state index contributed by atoms with van der Waals surface area (Å²) in [6, 6.07) is 10.4. The molecule has 4 heteroatoms. The average molecular weight is 282 g/mol. The third-order valence-electron chi connectivity index (χ3n) is 3.70. The van der Waals surface area contributed by atoms with Gasteiger partial charge >= 0.3 is 0 Å². The van der Waals surface area contributed by atoms with Crippen molar-refractivity contribution in [2.24, 2.45) is 0 Å². The third kappa shape index (κ3) is 3.32. The van der Waals surface area contributed by atoms with Gasteiger partial charge < -0.3 is 10.6 Å². The minimum atomic E-state index is 0.547. The van der Waals surface area contributed by atoms with E-state index in [2.05, 4.69) is 58.7 Å². The maximum Gasteiger partial charge on any atom is 0.136 e. The molecule has 0 bridgehead atoms. The van der Waals surface area contributed by atoms with Gasteiger partial charge in [0.15, 0.2) is 0 Å². The topological polar surface area (TPSA) is 49.8 Å². The van der Waals surface area contributed by atoms with Crippen LogP contribution in [0.25, 0.3) is 0 Å². The minimum Gasteiger partial charge on any atom is -0.370 e. The number of benzene rings is 1. The lowest BCUT2D eigenvalue weighted by atomic mass is 10.1. The number of nitrogens with zero attached hydrogens (tertiary/aromatic N) is 2. The van der Waals surface area contributed by atoms with E-state index in [1.165, 1.54) is 18.4 Å². The van der Waals surface area contributed by atoms with E-state index >= 15 is 0 Å². The zero-order valence-electron chi connectivity index (χ0n) is 12.7. The number of aromatic nitrogens is 2. The van der Waals surface area contributed by atoms with Crippen molar-refractivity contribution in [3.63, 3.8) is 0 Å². The number of para-hydroxylation sites is 1. The fourth-order valence-electron chi connectivity index (χ4n) is 2.41. The zero-order valence-corrected chi connectivity index (χ0v) is 12.7. The van der Waals surface area contributed by atoms with Gasteiger partial charge in [0.25, 0.3) is 0 Å². The summed E-state index contributed by atoms with van der Waals surface area (Å²) in [6.07, 6.45) is 3.42. The molecule has 1 saturated carbocycles. The maximum absolute atomic E-state index is 4.69. The highest BCUT2D eigenvalue weighted by molar-refractivity contribution is 5.62. The quantitative estimate of drug-likeness (QED) is 0.837. The molecule has 1 aromatic carbocycles. The van der Waals surface area contributed by atoms with Gasteiger partial charge in [0.2, 0.25) is 0 Å². The fourth-order valence-corrected chi connectivity index (χ4v) is 2.41. The standard InChI is InChI=1S/C17H22N4/c1-3-12-7-5-6-8-14(12)19-16-11-15(18-4-2)20-17(21-16)13-9-10-13/h5-8,11,13H,3-4,9-10H2,1-2H3,(H2,18,19,20,21). The van der Waals surface area contributed by atoms with Gasteiger partial charge in [0.05, 0.1) is 0 Å². The predicted octanol–water partition coefficient (Wildman–Crippen LogP) is 4.09. The van der Waals surface area contributed by atoms with E-state index in [4.69, 9.17) is 0 Å². The van der Waals surface area contributed by atoms with Crippen LogP contribution >= 0.6 is 0 Å². The molecule has 0 saturated heterocycles. The maximum atomic E-state index is 4.69. The van der Waals surface area contributed by atoms with Gasteiger partial charge in [-0.05, 0) is 37.8 Å². The van der Waals surface area contributed by atoms with Crippen molar-refractivity contribution in [3.8, 4) is 0 Å². The van der Waals surface area contributed by atoms with Crippen LogP contribution < -0.4 is 10.6 Å². The Morgan fingerprint density at radius 1 is 1.10 bits per heavy atom. The highest BCUT2D eigenvalue weighted by atomic mass is 15.1. The molecule has 0 aliphatic heterocycles. The molecule has 21 heavy (non-hydrogen) atoms. The van der Waals surface area contributed by atoms with E-state index in [0.717, 1.165) is 36.1 Å². The molecule has 3 rings (SSSR count). The summed E-state index contributed by atoms with van der Waals surface area (Å²) in [5.74, 6) is 3.30. The molecule has 0 atom stereocenters. The van der Waals surface area contributed by atoms with E-state index in [-0.39, 0.29) is 0 Å². The number of nitrogens with one attached hydrogen (secondary N) is 2. The molecule has 110 valence electrons. The molecule has 0 radical (unpaired) electrons. The van der Waals surface area contributed by atoms with Gasteiger partial charge in [-0.2, -0.15) is 0 Å². The van der Waals surface area contributed by atoms with Gasteiger partial charge in [-0.15, -0.1) is 0 Å². The first-order valence-electron chi connectivity index (χ1n) is 7.78. The Morgan fingerprint density at radius 2 is 1.86 bits per heavy atom. The Morgan fingerprint density at radius 3 is 2.57 bits per heavy atom. The van der Waals surface area contributed by atoms with Gasteiger partial charge in [-0.25, -0.2) is 9.97 Å². The molecule has 2 N–H and O–H groups in total. The summed E-state index contributed by atoms with van der Waals surface area (Å²) < 4.78 is 0. The van der Waals surface area contributed by atoms with Crippen molar-refractivity contribution in [3.05, 3.63) is 41.7 Å². The van der Waals surface area contributed by atoms with Gasteiger partial charge in [0, 0.05) is 24.2 Å². The normalized spacial score (nSPS) is 14.0. The molecule has 1 heterocycles.